The molecule has 0 N–H and O–H groups in total. The molecule has 2 rings (SSSR count). The number of hydrogen-bond donors (Lipinski definition) is 0. The van der Waals surface area contributed by atoms with Crippen molar-refractivity contribution in [1.82, 2.24) is 4.98 Å². The maximum Gasteiger partial charge on any atom is 0.357 e. The van der Waals surface area contributed by atoms with Crippen molar-refractivity contribution < 1.29 is 14.3 Å². The highest BCUT2D eigenvalue weighted by Gasteiger charge is 2.32. The molecule has 98 valence electrons. The quantitative estimate of drug-likeness (QED) is 0.627. The summed E-state index contributed by atoms with van der Waals surface area (Å²) in [6, 6.07) is 0. The van der Waals surface area contributed by atoms with Crippen LogP contribution in [0, 0.1) is 5.92 Å². The van der Waals surface area contributed by atoms with E-state index in [1.807, 2.05) is 0 Å². The van der Waals surface area contributed by atoms with E-state index in [-0.39, 0.29) is 17.5 Å². The topological polar surface area (TPSA) is 59.5 Å². The summed E-state index contributed by atoms with van der Waals surface area (Å²) in [6.07, 6.45) is 0.442. The normalized spacial score (nSPS) is 19.3. The predicted molar refractivity (Wildman–Crippen MR) is 69.3 cm³/mol. The Hall–Kier alpha value is -1.14. The average molecular weight is 289 g/mol. The highest BCUT2D eigenvalue weighted by molar-refractivity contribution is 7.14. The van der Waals surface area contributed by atoms with Crippen molar-refractivity contribution in [3.05, 3.63) is 11.1 Å². The fraction of sp³-hybridized carbons (Fsp3) is 0.545. The zero-order chi connectivity index (χ0) is 13.1. The first-order valence-electron chi connectivity index (χ1n) is 5.64. The molecule has 1 aromatic rings. The SMILES string of the molecule is CCOC(=O)c1csc(N2CC(CCl)CC2=O)n1. The molecule has 1 aliphatic rings. The first kappa shape index (κ1) is 13.3. The number of aromatic nitrogens is 1. The fourth-order valence-electron chi connectivity index (χ4n) is 1.76. The van der Waals surface area contributed by atoms with Gasteiger partial charge in [0.2, 0.25) is 5.91 Å². The molecule has 0 saturated carbocycles. The van der Waals surface area contributed by atoms with E-state index in [1.165, 1.54) is 11.3 Å². The van der Waals surface area contributed by atoms with E-state index in [0.29, 0.717) is 30.6 Å². The lowest BCUT2D eigenvalue weighted by molar-refractivity contribution is -0.117. The highest BCUT2D eigenvalue weighted by Crippen LogP contribution is 2.28. The van der Waals surface area contributed by atoms with Gasteiger partial charge in [-0.05, 0) is 12.8 Å². The van der Waals surface area contributed by atoms with E-state index in [9.17, 15) is 9.59 Å². The monoisotopic (exact) mass is 288 g/mol. The summed E-state index contributed by atoms with van der Waals surface area (Å²) in [7, 11) is 0. The molecule has 1 fully saturated rings. The summed E-state index contributed by atoms with van der Waals surface area (Å²) in [6.45, 7) is 2.61. The second-order valence-electron chi connectivity index (χ2n) is 3.96. The zero-order valence-corrected chi connectivity index (χ0v) is 11.5. The molecular formula is C11H13ClN2O3S. The number of esters is 1. The summed E-state index contributed by atoms with van der Waals surface area (Å²) < 4.78 is 4.85. The molecule has 1 unspecified atom stereocenters. The van der Waals surface area contributed by atoms with Crippen LogP contribution in [0.15, 0.2) is 5.38 Å². The maximum absolute atomic E-state index is 11.8. The Kier molecular flexibility index (Phi) is 4.19. The van der Waals surface area contributed by atoms with E-state index in [4.69, 9.17) is 16.3 Å². The van der Waals surface area contributed by atoms with Crippen molar-refractivity contribution in [2.75, 3.05) is 23.9 Å². The summed E-state index contributed by atoms with van der Waals surface area (Å²) in [5.41, 5.74) is 0.249. The Morgan fingerprint density at radius 3 is 3.11 bits per heavy atom. The molecule has 0 aliphatic carbocycles. The van der Waals surface area contributed by atoms with Crippen LogP contribution in [-0.2, 0) is 9.53 Å². The number of amides is 1. The van der Waals surface area contributed by atoms with Crippen molar-refractivity contribution >= 4 is 39.9 Å². The molecule has 2 heterocycles. The van der Waals surface area contributed by atoms with Crippen LogP contribution in [0.4, 0.5) is 5.13 Å². The van der Waals surface area contributed by atoms with Gasteiger partial charge >= 0.3 is 5.97 Å². The molecule has 0 aromatic carbocycles. The Morgan fingerprint density at radius 2 is 2.50 bits per heavy atom. The first-order chi connectivity index (χ1) is 8.65. The van der Waals surface area contributed by atoms with Crippen LogP contribution in [0.25, 0.3) is 0 Å². The van der Waals surface area contributed by atoms with Crippen LogP contribution in [0.2, 0.25) is 0 Å². The van der Waals surface area contributed by atoms with Gasteiger partial charge in [0.1, 0.15) is 0 Å². The highest BCUT2D eigenvalue weighted by atomic mass is 35.5. The lowest BCUT2D eigenvalue weighted by atomic mass is 10.2. The smallest absolute Gasteiger partial charge is 0.357 e. The maximum atomic E-state index is 11.8. The standard InChI is InChI=1S/C11H13ClN2O3S/c1-2-17-10(16)8-6-18-11(13-8)14-5-7(4-12)3-9(14)15/h6-7H,2-5H2,1H3. The van der Waals surface area contributed by atoms with E-state index >= 15 is 0 Å². The number of hydrogen-bond acceptors (Lipinski definition) is 5. The lowest BCUT2D eigenvalue weighted by Crippen LogP contribution is -2.24. The summed E-state index contributed by atoms with van der Waals surface area (Å²) in [5.74, 6) is 0.165. The van der Waals surface area contributed by atoms with Gasteiger partial charge in [0.25, 0.3) is 0 Å². The Labute approximate surface area is 114 Å². The van der Waals surface area contributed by atoms with E-state index in [2.05, 4.69) is 4.98 Å². The molecule has 7 heteroatoms. The second kappa shape index (κ2) is 5.67. The van der Waals surface area contributed by atoms with Gasteiger partial charge in [-0.1, -0.05) is 0 Å². The van der Waals surface area contributed by atoms with Gasteiger partial charge < -0.3 is 4.74 Å². The molecule has 5 nitrogen and oxygen atoms in total. The van der Waals surface area contributed by atoms with Gasteiger partial charge in [-0.3, -0.25) is 9.69 Å². The van der Waals surface area contributed by atoms with Gasteiger partial charge in [0.05, 0.1) is 6.61 Å². The van der Waals surface area contributed by atoms with E-state index in [0.717, 1.165) is 0 Å². The Morgan fingerprint density at radius 1 is 1.72 bits per heavy atom. The third kappa shape index (κ3) is 2.64. The number of nitrogens with zero attached hydrogens (tertiary/aromatic N) is 2. The van der Waals surface area contributed by atoms with Crippen LogP contribution in [0.5, 0.6) is 0 Å². The number of rotatable bonds is 4. The molecule has 1 amide bonds. The molecule has 1 saturated heterocycles. The number of carbonyl (C=O) groups excluding carboxylic acids is 2. The third-order valence-electron chi connectivity index (χ3n) is 2.63. The number of anilines is 1. The van der Waals surface area contributed by atoms with E-state index in [1.54, 1.807) is 17.2 Å². The number of carbonyl (C=O) groups is 2. The van der Waals surface area contributed by atoms with Crippen molar-refractivity contribution in [3.63, 3.8) is 0 Å². The van der Waals surface area contributed by atoms with Gasteiger partial charge in [-0.2, -0.15) is 0 Å². The minimum atomic E-state index is -0.458. The molecule has 0 spiro atoms. The molecule has 1 aliphatic heterocycles. The van der Waals surface area contributed by atoms with Crippen LogP contribution < -0.4 is 4.90 Å². The first-order valence-corrected chi connectivity index (χ1v) is 7.06. The summed E-state index contributed by atoms with van der Waals surface area (Å²) in [5, 5.41) is 2.14. The minimum Gasteiger partial charge on any atom is -0.461 e. The van der Waals surface area contributed by atoms with E-state index < -0.39 is 5.97 Å². The number of ether oxygens (including phenoxy) is 1. The van der Waals surface area contributed by atoms with Gasteiger partial charge in [-0.15, -0.1) is 22.9 Å². The number of halogens is 1. The van der Waals surface area contributed by atoms with Crippen molar-refractivity contribution in [2.24, 2.45) is 5.92 Å². The Bertz CT molecular complexity index is 463. The van der Waals surface area contributed by atoms with Crippen LogP contribution in [-0.4, -0.2) is 35.9 Å². The molecule has 0 bridgehead atoms. The average Bonchev–Trinajstić information content (AvgIpc) is 2.95. The second-order valence-corrected chi connectivity index (χ2v) is 5.11. The van der Waals surface area contributed by atoms with Crippen LogP contribution >= 0.6 is 22.9 Å². The molecule has 1 atom stereocenters. The zero-order valence-electron chi connectivity index (χ0n) is 9.89. The molecule has 0 radical (unpaired) electrons. The lowest BCUT2D eigenvalue weighted by Gasteiger charge is -2.11. The van der Waals surface area contributed by atoms with Gasteiger partial charge in [0.15, 0.2) is 10.8 Å². The van der Waals surface area contributed by atoms with Gasteiger partial charge in [-0.25, -0.2) is 9.78 Å². The predicted octanol–water partition coefficient (Wildman–Crippen LogP) is 1.91. The molecule has 1 aromatic heterocycles. The van der Waals surface area contributed by atoms with Crippen molar-refractivity contribution in [1.29, 1.82) is 0 Å². The van der Waals surface area contributed by atoms with Crippen LogP contribution in [0.3, 0.4) is 0 Å². The van der Waals surface area contributed by atoms with Crippen molar-refractivity contribution in [2.45, 2.75) is 13.3 Å². The third-order valence-corrected chi connectivity index (χ3v) is 3.93. The number of thiazole rings is 1. The minimum absolute atomic E-state index is 0.00501. The Balaban J connectivity index is 2.11. The molecule has 18 heavy (non-hydrogen) atoms. The largest absolute Gasteiger partial charge is 0.461 e. The van der Waals surface area contributed by atoms with Crippen molar-refractivity contribution in [3.8, 4) is 0 Å². The molecular weight excluding hydrogens is 276 g/mol. The van der Waals surface area contributed by atoms with Gasteiger partial charge in [0, 0.05) is 24.2 Å². The summed E-state index contributed by atoms with van der Waals surface area (Å²) >= 11 is 7.02. The number of alkyl halides is 1. The fourth-order valence-corrected chi connectivity index (χ4v) is 2.78. The summed E-state index contributed by atoms with van der Waals surface area (Å²) in [4.78, 5) is 29.0. The van der Waals surface area contributed by atoms with Crippen LogP contribution in [0.1, 0.15) is 23.8 Å².